The summed E-state index contributed by atoms with van der Waals surface area (Å²) in [5.41, 5.74) is 0.115. The van der Waals surface area contributed by atoms with Crippen molar-refractivity contribution in [1.29, 1.82) is 0 Å². The molecule has 0 radical (unpaired) electrons. The summed E-state index contributed by atoms with van der Waals surface area (Å²) in [7, 11) is 0. The number of hydrogen-bond acceptors (Lipinski definition) is 4. The first kappa shape index (κ1) is 19.0. The topological polar surface area (TPSA) is 78.9 Å². The standard InChI is InChI=1S/C19H26N2O4/c1-4-9-14-10-7-8-11-16(14)25-13-15(22)12-21-17(23)19(5-2,6-3)20-18(21)24/h4,7-8,10-11,15,22H,1,5-6,9,12-13H2,2-3H3,(H,20,24). The van der Waals surface area contributed by atoms with Gasteiger partial charge in [-0.3, -0.25) is 9.69 Å². The van der Waals surface area contributed by atoms with E-state index >= 15 is 0 Å². The number of carbonyl (C=O) groups excluding carboxylic acids is 2. The van der Waals surface area contributed by atoms with Gasteiger partial charge in [0, 0.05) is 0 Å². The average molecular weight is 346 g/mol. The minimum absolute atomic E-state index is 0.00351. The number of amides is 3. The van der Waals surface area contributed by atoms with E-state index in [0.717, 1.165) is 10.5 Å². The van der Waals surface area contributed by atoms with Gasteiger partial charge in [0.1, 0.15) is 24.0 Å². The van der Waals surface area contributed by atoms with Gasteiger partial charge in [-0.15, -0.1) is 6.58 Å². The summed E-state index contributed by atoms with van der Waals surface area (Å²) in [5, 5.41) is 13.0. The number of aliphatic hydroxyl groups excluding tert-OH is 1. The normalized spacial score (nSPS) is 17.3. The number of aliphatic hydroxyl groups is 1. The molecular formula is C19H26N2O4. The lowest BCUT2D eigenvalue weighted by molar-refractivity contribution is -0.132. The molecule has 1 aliphatic rings. The minimum Gasteiger partial charge on any atom is -0.491 e. The number of para-hydroxylation sites is 1. The fraction of sp³-hybridized carbons (Fsp3) is 0.474. The largest absolute Gasteiger partial charge is 0.491 e. The molecule has 0 bridgehead atoms. The van der Waals surface area contributed by atoms with Gasteiger partial charge in [0.2, 0.25) is 0 Å². The molecular weight excluding hydrogens is 320 g/mol. The summed E-state index contributed by atoms with van der Waals surface area (Å²) in [5.74, 6) is 0.378. The maximum absolute atomic E-state index is 12.5. The molecule has 3 amide bonds. The number of imide groups is 1. The fourth-order valence-electron chi connectivity index (χ4n) is 2.99. The Bertz CT molecular complexity index is 640. The zero-order chi connectivity index (χ0) is 18.4. The van der Waals surface area contributed by atoms with Crippen LogP contribution >= 0.6 is 0 Å². The number of nitrogens with one attached hydrogen (secondary N) is 1. The minimum atomic E-state index is -0.962. The first-order valence-corrected chi connectivity index (χ1v) is 8.61. The van der Waals surface area contributed by atoms with Gasteiger partial charge in [0.25, 0.3) is 5.91 Å². The molecule has 1 fully saturated rings. The number of benzene rings is 1. The van der Waals surface area contributed by atoms with Crippen LogP contribution in [0.2, 0.25) is 0 Å². The van der Waals surface area contributed by atoms with Crippen LogP contribution in [-0.4, -0.2) is 46.7 Å². The van der Waals surface area contributed by atoms with Crippen LogP contribution < -0.4 is 10.1 Å². The summed E-state index contributed by atoms with van der Waals surface area (Å²) in [6.07, 6.45) is 2.52. The highest BCUT2D eigenvalue weighted by molar-refractivity contribution is 6.07. The predicted molar refractivity (Wildman–Crippen MR) is 95.4 cm³/mol. The molecule has 0 saturated carbocycles. The smallest absolute Gasteiger partial charge is 0.325 e. The molecule has 1 saturated heterocycles. The van der Waals surface area contributed by atoms with E-state index in [1.165, 1.54) is 0 Å². The third-order valence-electron chi connectivity index (χ3n) is 4.61. The lowest BCUT2D eigenvalue weighted by Gasteiger charge is -2.24. The molecule has 0 spiro atoms. The van der Waals surface area contributed by atoms with Crippen molar-refractivity contribution in [2.75, 3.05) is 13.2 Å². The monoisotopic (exact) mass is 346 g/mol. The zero-order valence-electron chi connectivity index (χ0n) is 14.8. The molecule has 1 atom stereocenters. The molecule has 1 aromatic rings. The van der Waals surface area contributed by atoms with E-state index in [2.05, 4.69) is 11.9 Å². The number of β-amino-alcohol motifs (C(OH)–C–C–N with tert-alkyl or cyclic N) is 1. The molecule has 1 unspecified atom stereocenters. The molecule has 6 heteroatoms. The van der Waals surface area contributed by atoms with Crippen LogP contribution in [0, 0.1) is 0 Å². The summed E-state index contributed by atoms with van der Waals surface area (Å²) in [6.45, 7) is 7.35. The van der Waals surface area contributed by atoms with E-state index in [9.17, 15) is 14.7 Å². The van der Waals surface area contributed by atoms with Crippen molar-refractivity contribution >= 4 is 11.9 Å². The summed E-state index contributed by atoms with van der Waals surface area (Å²) in [4.78, 5) is 25.7. The highest BCUT2D eigenvalue weighted by Gasteiger charge is 2.48. The van der Waals surface area contributed by atoms with Crippen LogP contribution in [0.15, 0.2) is 36.9 Å². The van der Waals surface area contributed by atoms with Gasteiger partial charge >= 0.3 is 6.03 Å². The van der Waals surface area contributed by atoms with Crippen molar-refractivity contribution in [3.05, 3.63) is 42.5 Å². The van der Waals surface area contributed by atoms with Crippen LogP contribution in [0.5, 0.6) is 5.75 Å². The Balaban J connectivity index is 1.97. The number of rotatable bonds is 9. The van der Waals surface area contributed by atoms with E-state index in [1.807, 2.05) is 38.1 Å². The van der Waals surface area contributed by atoms with Gasteiger partial charge in [-0.05, 0) is 30.9 Å². The quantitative estimate of drug-likeness (QED) is 0.531. The zero-order valence-corrected chi connectivity index (χ0v) is 14.8. The Hall–Kier alpha value is -2.34. The summed E-state index contributed by atoms with van der Waals surface area (Å²) >= 11 is 0. The Labute approximate surface area is 148 Å². The number of carbonyl (C=O) groups is 2. The molecule has 6 nitrogen and oxygen atoms in total. The highest BCUT2D eigenvalue weighted by atomic mass is 16.5. The Morgan fingerprint density at radius 1 is 1.32 bits per heavy atom. The second kappa shape index (κ2) is 8.16. The number of urea groups is 1. The average Bonchev–Trinajstić information content (AvgIpc) is 2.86. The maximum atomic E-state index is 12.5. The Kier molecular flexibility index (Phi) is 6.20. The van der Waals surface area contributed by atoms with Crippen molar-refractivity contribution in [1.82, 2.24) is 10.2 Å². The third kappa shape index (κ3) is 4.02. The van der Waals surface area contributed by atoms with Gasteiger partial charge < -0.3 is 15.2 Å². The van der Waals surface area contributed by atoms with Crippen LogP contribution in [0.4, 0.5) is 4.79 Å². The van der Waals surface area contributed by atoms with E-state index in [4.69, 9.17) is 4.74 Å². The van der Waals surface area contributed by atoms with Crippen molar-refractivity contribution in [3.63, 3.8) is 0 Å². The maximum Gasteiger partial charge on any atom is 0.325 e. The lowest BCUT2D eigenvalue weighted by Crippen LogP contribution is -2.46. The number of ether oxygens (including phenoxy) is 1. The van der Waals surface area contributed by atoms with Gasteiger partial charge in [-0.25, -0.2) is 4.79 Å². The molecule has 0 aromatic heterocycles. The Morgan fingerprint density at radius 2 is 2.00 bits per heavy atom. The van der Waals surface area contributed by atoms with Crippen LogP contribution in [0.1, 0.15) is 32.3 Å². The van der Waals surface area contributed by atoms with Gasteiger partial charge in [-0.2, -0.15) is 0 Å². The number of hydrogen-bond donors (Lipinski definition) is 2. The summed E-state index contributed by atoms with van der Waals surface area (Å²) < 4.78 is 5.67. The van der Waals surface area contributed by atoms with Crippen molar-refractivity contribution in [2.24, 2.45) is 0 Å². The molecule has 1 aromatic carbocycles. The molecule has 25 heavy (non-hydrogen) atoms. The van der Waals surface area contributed by atoms with Crippen molar-refractivity contribution in [2.45, 2.75) is 44.8 Å². The molecule has 136 valence electrons. The predicted octanol–water partition coefficient (Wildman–Crippen LogP) is 2.27. The van der Waals surface area contributed by atoms with E-state index in [0.29, 0.717) is 25.0 Å². The van der Waals surface area contributed by atoms with Gasteiger partial charge in [0.15, 0.2) is 0 Å². The second-order valence-electron chi connectivity index (χ2n) is 6.20. The SMILES string of the molecule is C=CCc1ccccc1OCC(O)CN1C(=O)NC(CC)(CC)C1=O. The second-order valence-corrected chi connectivity index (χ2v) is 6.20. The molecule has 1 heterocycles. The van der Waals surface area contributed by atoms with Crippen LogP contribution in [0.3, 0.4) is 0 Å². The number of allylic oxidation sites excluding steroid dienone is 1. The molecule has 2 rings (SSSR count). The summed E-state index contributed by atoms with van der Waals surface area (Å²) in [6, 6.07) is 7.04. The molecule has 0 aliphatic carbocycles. The van der Waals surface area contributed by atoms with Crippen LogP contribution in [-0.2, 0) is 11.2 Å². The van der Waals surface area contributed by atoms with Crippen molar-refractivity contribution < 1.29 is 19.4 Å². The third-order valence-corrected chi connectivity index (χ3v) is 4.61. The van der Waals surface area contributed by atoms with Gasteiger partial charge in [0.05, 0.1) is 6.54 Å². The lowest BCUT2D eigenvalue weighted by atomic mass is 9.93. The first-order valence-electron chi connectivity index (χ1n) is 8.61. The molecule has 1 aliphatic heterocycles. The molecule has 2 N–H and O–H groups in total. The van der Waals surface area contributed by atoms with Gasteiger partial charge in [-0.1, -0.05) is 38.1 Å². The van der Waals surface area contributed by atoms with E-state index < -0.39 is 17.7 Å². The van der Waals surface area contributed by atoms with Crippen LogP contribution in [0.25, 0.3) is 0 Å². The highest BCUT2D eigenvalue weighted by Crippen LogP contribution is 2.25. The first-order chi connectivity index (χ1) is 12.0. The fourth-order valence-corrected chi connectivity index (χ4v) is 2.99. The Morgan fingerprint density at radius 3 is 2.60 bits per heavy atom. The van der Waals surface area contributed by atoms with E-state index in [1.54, 1.807) is 6.08 Å². The van der Waals surface area contributed by atoms with E-state index in [-0.39, 0.29) is 19.1 Å². The number of nitrogens with zero attached hydrogens (tertiary/aromatic N) is 1. The van der Waals surface area contributed by atoms with Crippen molar-refractivity contribution in [3.8, 4) is 5.75 Å².